The summed E-state index contributed by atoms with van der Waals surface area (Å²) < 4.78 is 3.14. The summed E-state index contributed by atoms with van der Waals surface area (Å²) in [6.45, 7) is 1.32. The molecule has 0 radical (unpaired) electrons. The Morgan fingerprint density at radius 1 is 1.09 bits per heavy atom. The Hall–Kier alpha value is -3.38. The molecule has 12 nitrogen and oxygen atoms in total. The van der Waals surface area contributed by atoms with Crippen molar-refractivity contribution in [2.24, 2.45) is 19.4 Å². The monoisotopic (exact) mass is 480 g/mol. The fourth-order valence-electron chi connectivity index (χ4n) is 3.09. The molecule has 0 bridgehead atoms. The van der Waals surface area contributed by atoms with E-state index in [-0.39, 0.29) is 29.7 Å². The Labute approximate surface area is 196 Å². The minimum absolute atomic E-state index is 0.0286. The number of aryl methyl sites for hydroxylation is 2. The highest BCUT2D eigenvalue weighted by Gasteiger charge is 2.22. The second kappa shape index (κ2) is 12.0. The van der Waals surface area contributed by atoms with Crippen LogP contribution in [-0.4, -0.2) is 76.5 Å². The molecule has 2 aromatic heterocycles. The highest BCUT2D eigenvalue weighted by molar-refractivity contribution is 6.18. The maximum atomic E-state index is 12.9. The van der Waals surface area contributed by atoms with Crippen LogP contribution in [0.15, 0.2) is 29.8 Å². The van der Waals surface area contributed by atoms with Crippen LogP contribution in [0.1, 0.15) is 27.4 Å². The second-order valence-electron chi connectivity index (χ2n) is 7.60. The third kappa shape index (κ3) is 7.05. The number of nitrogens with one attached hydrogen (secondary N) is 3. The number of alkyl halides is 1. The number of hydrogen-bond acceptors (Lipinski definition) is 6. The molecule has 3 N–H and O–H groups in total. The van der Waals surface area contributed by atoms with Gasteiger partial charge in [-0.3, -0.25) is 9.59 Å². The molecule has 0 aliphatic heterocycles. The van der Waals surface area contributed by atoms with E-state index in [0.29, 0.717) is 22.9 Å². The first-order valence-corrected chi connectivity index (χ1v) is 10.7. The Morgan fingerprint density at radius 2 is 1.82 bits per heavy atom. The number of halogens is 1. The van der Waals surface area contributed by atoms with Gasteiger partial charge in [-0.25, -0.2) is 4.79 Å². The van der Waals surface area contributed by atoms with Gasteiger partial charge < -0.3 is 30.0 Å². The van der Waals surface area contributed by atoms with E-state index in [1.807, 2.05) is 19.0 Å². The van der Waals surface area contributed by atoms with Crippen LogP contribution in [0.5, 0.6) is 0 Å². The van der Waals surface area contributed by atoms with Crippen LogP contribution >= 0.6 is 11.6 Å². The third-order valence-corrected chi connectivity index (χ3v) is 4.89. The molecule has 33 heavy (non-hydrogen) atoms. The lowest BCUT2D eigenvalue weighted by molar-refractivity contribution is 0.0943. The number of nitroso groups, excluding NO2 is 1. The van der Waals surface area contributed by atoms with Crippen molar-refractivity contribution >= 4 is 40.8 Å². The standard InChI is InChI=1S/C20H29ClN8O4/c1-26(2)9-5-8-22-18(30)16-12-14(13-28(16)4)23-19(31)17-15(6-10-27(17)3)24-20(32)29(25-33)11-7-21/h6,10,12-13H,5,7-9,11H2,1-4H3,(H,22,30)(H,23,31)(H,24,32). The van der Waals surface area contributed by atoms with Crippen LogP contribution in [0.3, 0.4) is 0 Å². The lowest BCUT2D eigenvalue weighted by Gasteiger charge is -2.14. The van der Waals surface area contributed by atoms with Crippen molar-refractivity contribution in [2.75, 3.05) is 50.2 Å². The molecular formula is C20H29ClN8O4. The molecule has 180 valence electrons. The minimum atomic E-state index is -0.807. The van der Waals surface area contributed by atoms with Gasteiger partial charge in [-0.1, -0.05) is 0 Å². The Bertz CT molecular complexity index is 1000. The van der Waals surface area contributed by atoms with Crippen molar-refractivity contribution < 1.29 is 14.4 Å². The predicted octanol–water partition coefficient (Wildman–Crippen LogP) is 2.05. The number of carbonyl (C=O) groups excluding carboxylic acids is 3. The van der Waals surface area contributed by atoms with E-state index in [9.17, 15) is 19.3 Å². The molecule has 2 heterocycles. The van der Waals surface area contributed by atoms with E-state index >= 15 is 0 Å². The Kier molecular flexibility index (Phi) is 9.43. The molecule has 0 saturated carbocycles. The van der Waals surface area contributed by atoms with Crippen molar-refractivity contribution in [3.8, 4) is 0 Å². The van der Waals surface area contributed by atoms with Gasteiger partial charge in [0.25, 0.3) is 11.8 Å². The quantitative estimate of drug-likeness (QED) is 0.196. The Morgan fingerprint density at radius 3 is 2.45 bits per heavy atom. The zero-order valence-electron chi connectivity index (χ0n) is 19.1. The van der Waals surface area contributed by atoms with Crippen LogP contribution in [0.2, 0.25) is 0 Å². The van der Waals surface area contributed by atoms with Gasteiger partial charge in [0, 0.05) is 38.9 Å². The van der Waals surface area contributed by atoms with Crippen molar-refractivity contribution in [1.29, 1.82) is 0 Å². The maximum absolute atomic E-state index is 12.9. The molecule has 4 amide bonds. The molecule has 0 saturated heterocycles. The molecule has 0 unspecified atom stereocenters. The van der Waals surface area contributed by atoms with E-state index in [1.54, 1.807) is 37.1 Å². The summed E-state index contributed by atoms with van der Waals surface area (Å²) in [6, 6.07) is 2.28. The highest BCUT2D eigenvalue weighted by atomic mass is 35.5. The van der Waals surface area contributed by atoms with Crippen LogP contribution < -0.4 is 16.0 Å². The number of aromatic nitrogens is 2. The van der Waals surface area contributed by atoms with Gasteiger partial charge in [0.2, 0.25) is 0 Å². The summed E-state index contributed by atoms with van der Waals surface area (Å²) >= 11 is 5.56. The normalized spacial score (nSPS) is 10.7. The number of anilines is 2. The average Bonchev–Trinajstić information content (AvgIpc) is 3.30. The van der Waals surface area contributed by atoms with Crippen molar-refractivity contribution in [1.82, 2.24) is 24.4 Å². The van der Waals surface area contributed by atoms with Gasteiger partial charge in [0.05, 0.1) is 23.2 Å². The van der Waals surface area contributed by atoms with Crippen molar-refractivity contribution in [2.45, 2.75) is 6.42 Å². The highest BCUT2D eigenvalue weighted by Crippen LogP contribution is 2.20. The summed E-state index contributed by atoms with van der Waals surface area (Å²) in [7, 11) is 7.27. The lowest BCUT2D eigenvalue weighted by Crippen LogP contribution is -2.32. The first-order chi connectivity index (χ1) is 15.7. The zero-order valence-corrected chi connectivity index (χ0v) is 19.8. The van der Waals surface area contributed by atoms with E-state index in [1.165, 1.54) is 10.6 Å². The van der Waals surface area contributed by atoms with Gasteiger partial charge >= 0.3 is 6.03 Å². The SMILES string of the molecule is CN(C)CCCNC(=O)c1cc(NC(=O)c2c(NC(=O)N(CCCl)N=O)ccn2C)cn1C. The van der Waals surface area contributed by atoms with Crippen molar-refractivity contribution in [3.63, 3.8) is 0 Å². The summed E-state index contributed by atoms with van der Waals surface area (Å²) in [6.07, 6.45) is 4.02. The average molecular weight is 481 g/mol. The smallest absolute Gasteiger partial charge is 0.344 e. The summed E-state index contributed by atoms with van der Waals surface area (Å²) in [5, 5.41) is 11.3. The number of hydrogen-bond donors (Lipinski definition) is 3. The fourth-order valence-corrected chi connectivity index (χ4v) is 3.25. The van der Waals surface area contributed by atoms with Gasteiger partial charge in [-0.05, 0) is 39.2 Å². The zero-order chi connectivity index (χ0) is 24.5. The van der Waals surface area contributed by atoms with E-state index in [0.717, 1.165) is 13.0 Å². The number of amides is 4. The number of nitrogens with zero attached hydrogens (tertiary/aromatic N) is 5. The molecule has 0 aromatic carbocycles. The first kappa shape index (κ1) is 25.9. The molecule has 0 aliphatic rings. The summed E-state index contributed by atoms with van der Waals surface area (Å²) in [5.41, 5.74) is 1.15. The molecule has 0 atom stereocenters. The van der Waals surface area contributed by atoms with E-state index in [4.69, 9.17) is 11.6 Å². The molecule has 13 heteroatoms. The molecule has 0 spiro atoms. The van der Waals surface area contributed by atoms with Gasteiger partial charge in [0.15, 0.2) is 0 Å². The second-order valence-corrected chi connectivity index (χ2v) is 7.98. The lowest BCUT2D eigenvalue weighted by atomic mass is 10.3. The summed E-state index contributed by atoms with van der Waals surface area (Å²) in [4.78, 5) is 50.4. The number of carbonyl (C=O) groups is 3. The molecule has 2 rings (SSSR count). The minimum Gasteiger partial charge on any atom is -0.351 e. The van der Waals surface area contributed by atoms with Gasteiger partial charge in [-0.2, -0.15) is 5.01 Å². The molecule has 2 aromatic rings. The fraction of sp³-hybridized carbons (Fsp3) is 0.450. The maximum Gasteiger partial charge on any atom is 0.344 e. The number of rotatable bonds is 11. The van der Waals surface area contributed by atoms with Crippen molar-refractivity contribution in [3.05, 3.63) is 40.8 Å². The predicted molar refractivity (Wildman–Crippen MR) is 127 cm³/mol. The van der Waals surface area contributed by atoms with Gasteiger partial charge in [0.1, 0.15) is 11.4 Å². The summed E-state index contributed by atoms with van der Waals surface area (Å²) in [5.74, 6) is -0.727. The van der Waals surface area contributed by atoms with Crippen LogP contribution in [0.25, 0.3) is 0 Å². The van der Waals surface area contributed by atoms with Gasteiger partial charge in [-0.15, -0.1) is 16.5 Å². The largest absolute Gasteiger partial charge is 0.351 e. The topological polar surface area (TPSA) is 133 Å². The molecule has 0 fully saturated rings. The van der Waals surface area contributed by atoms with Crippen LogP contribution in [0, 0.1) is 4.91 Å². The van der Waals surface area contributed by atoms with E-state index < -0.39 is 11.9 Å². The van der Waals surface area contributed by atoms with Crippen LogP contribution in [0.4, 0.5) is 16.2 Å². The first-order valence-electron chi connectivity index (χ1n) is 10.2. The molecular weight excluding hydrogens is 452 g/mol. The third-order valence-electron chi connectivity index (χ3n) is 4.72. The molecule has 0 aliphatic carbocycles. The number of urea groups is 1. The van der Waals surface area contributed by atoms with E-state index in [2.05, 4.69) is 21.2 Å². The Balaban J connectivity index is 2.08. The van der Waals surface area contributed by atoms with Crippen LogP contribution in [-0.2, 0) is 14.1 Å².